The molecule has 10 nitrogen and oxygen atoms in total. The molecule has 0 aromatic heterocycles. The van der Waals surface area contributed by atoms with Crippen LogP contribution in [0.3, 0.4) is 0 Å². The first-order valence-electron chi connectivity index (χ1n) is 7.61. The van der Waals surface area contributed by atoms with Crippen molar-refractivity contribution in [3.63, 3.8) is 0 Å². The Kier molecular flexibility index (Phi) is 7.59. The molecule has 4 rings (SSSR count). The maximum atomic E-state index is 12.3. The van der Waals surface area contributed by atoms with Gasteiger partial charge in [0.1, 0.15) is 25.1 Å². The number of rotatable bonds is 4. The summed E-state index contributed by atoms with van der Waals surface area (Å²) >= 11 is 0. The first-order chi connectivity index (χ1) is 13.4. The van der Waals surface area contributed by atoms with Gasteiger partial charge in [-0.25, -0.2) is 22.1 Å². The molecule has 4 aromatic carbocycles. The molecular weight excluding hydrogens is 494 g/mol. The molecule has 31 heavy (non-hydrogen) atoms. The molecule has 0 unspecified atom stereocenters. The van der Waals surface area contributed by atoms with E-state index in [9.17, 15) is 34.4 Å². The van der Waals surface area contributed by atoms with E-state index in [-0.39, 0.29) is 64.5 Å². The molecule has 152 valence electrons. The fourth-order valence-corrected chi connectivity index (χ4v) is 7.14. The summed E-state index contributed by atoms with van der Waals surface area (Å²) in [7, 11) is -16.8. The molecule has 0 radical (unpaired) electrons. The van der Waals surface area contributed by atoms with Crippen LogP contribution in [0.2, 0.25) is 0 Å². The Morgan fingerprint density at radius 1 is 0.645 bits per heavy atom. The SMILES string of the molecule is O=S(=O)([O-])c1c(S(=O)(=O)[O-])c2ccc3cccc4ccc(c1S(=O)(=O)OO)c2c34.[Na+].[Na+]. The van der Waals surface area contributed by atoms with E-state index in [2.05, 4.69) is 4.33 Å². The molecule has 0 saturated carbocycles. The summed E-state index contributed by atoms with van der Waals surface area (Å²) < 4.78 is 99.6. The molecule has 0 atom stereocenters. The molecule has 15 heteroatoms. The second kappa shape index (κ2) is 8.76. The van der Waals surface area contributed by atoms with Gasteiger partial charge in [0.2, 0.25) is 0 Å². The van der Waals surface area contributed by atoms with E-state index >= 15 is 0 Å². The van der Waals surface area contributed by atoms with Crippen LogP contribution < -0.4 is 59.1 Å². The zero-order valence-corrected chi connectivity index (χ0v) is 22.3. The molecule has 0 fully saturated rings. The van der Waals surface area contributed by atoms with E-state index in [0.717, 1.165) is 12.1 Å². The van der Waals surface area contributed by atoms with Crippen LogP contribution >= 0.6 is 0 Å². The van der Waals surface area contributed by atoms with E-state index in [1.54, 1.807) is 18.2 Å². The molecule has 4 aromatic rings. The molecule has 0 aliphatic rings. The van der Waals surface area contributed by atoms with Gasteiger partial charge in [-0.15, -0.1) is 4.33 Å². The standard InChI is InChI=1S/C16H10O10S3.2Na/c17-26-29(24,25)15-11-7-5-9-3-1-2-8-4-6-10(13(11)12(8)9)14(27(18,19)20)16(15)28(21,22)23;;/h1-7,17H,(H,18,19,20)(H,21,22,23);;/q;2*+1/p-2. The Hall–Kier alpha value is -0.390. The normalized spacial score (nSPS) is 12.7. The fourth-order valence-electron chi connectivity index (χ4n) is 3.57. The molecule has 0 bridgehead atoms. The van der Waals surface area contributed by atoms with Gasteiger partial charge in [0.25, 0.3) is 0 Å². The van der Waals surface area contributed by atoms with Crippen molar-refractivity contribution in [2.45, 2.75) is 14.7 Å². The third-order valence-corrected chi connectivity index (χ3v) is 7.74. The average molecular weight is 502 g/mol. The van der Waals surface area contributed by atoms with Gasteiger partial charge in [0.05, 0.1) is 9.79 Å². The third-order valence-electron chi connectivity index (χ3n) is 4.53. The predicted octanol–water partition coefficient (Wildman–Crippen LogP) is -4.42. The van der Waals surface area contributed by atoms with Crippen LogP contribution in [0.1, 0.15) is 0 Å². The van der Waals surface area contributed by atoms with E-state index in [1.165, 1.54) is 12.1 Å². The molecule has 1 N–H and O–H groups in total. The van der Waals surface area contributed by atoms with Crippen molar-refractivity contribution in [1.29, 1.82) is 0 Å². The summed E-state index contributed by atoms with van der Waals surface area (Å²) in [5.41, 5.74) is 0. The van der Waals surface area contributed by atoms with E-state index in [4.69, 9.17) is 5.26 Å². The zero-order valence-electron chi connectivity index (χ0n) is 15.9. The minimum Gasteiger partial charge on any atom is -0.744 e. The Morgan fingerprint density at radius 3 is 1.52 bits per heavy atom. The van der Waals surface area contributed by atoms with Crippen molar-refractivity contribution in [2.24, 2.45) is 0 Å². The summed E-state index contributed by atoms with van der Waals surface area (Å²) in [6, 6.07) is 9.98. The van der Waals surface area contributed by atoms with Gasteiger partial charge < -0.3 is 9.11 Å². The second-order valence-corrected chi connectivity index (χ2v) is 10.2. The number of hydrogen-bond acceptors (Lipinski definition) is 10. The first-order valence-corrected chi connectivity index (χ1v) is 11.8. The zero-order chi connectivity index (χ0) is 21.4. The molecule has 0 spiro atoms. The Morgan fingerprint density at radius 2 is 1.10 bits per heavy atom. The summed E-state index contributed by atoms with van der Waals surface area (Å²) in [5, 5.41) is 9.28. The smallest absolute Gasteiger partial charge is 0.744 e. The number of benzene rings is 4. The van der Waals surface area contributed by atoms with Crippen molar-refractivity contribution in [1.82, 2.24) is 0 Å². The Labute approximate surface area is 220 Å². The summed E-state index contributed by atoms with van der Waals surface area (Å²) in [6.07, 6.45) is 0. The molecule has 0 amide bonds. The number of hydrogen-bond donors (Lipinski definition) is 1. The van der Waals surface area contributed by atoms with Crippen molar-refractivity contribution >= 4 is 62.7 Å². The van der Waals surface area contributed by atoms with Crippen molar-refractivity contribution in [3.8, 4) is 0 Å². The predicted molar refractivity (Wildman–Crippen MR) is 97.0 cm³/mol. The summed E-state index contributed by atoms with van der Waals surface area (Å²) in [6.45, 7) is 0. The van der Waals surface area contributed by atoms with Gasteiger partial charge in [-0.1, -0.05) is 42.5 Å². The summed E-state index contributed by atoms with van der Waals surface area (Å²) in [4.78, 5) is -4.74. The quantitative estimate of drug-likeness (QED) is 0.0941. The van der Waals surface area contributed by atoms with Gasteiger partial charge in [0, 0.05) is 16.2 Å². The average Bonchev–Trinajstić information content (AvgIpc) is 2.63. The van der Waals surface area contributed by atoms with Gasteiger partial charge in [-0.2, -0.15) is 8.42 Å². The van der Waals surface area contributed by atoms with Crippen LogP contribution in [0.15, 0.2) is 57.2 Å². The van der Waals surface area contributed by atoms with Crippen LogP contribution in [0.4, 0.5) is 0 Å². The Bertz CT molecular complexity index is 1630. The second-order valence-electron chi connectivity index (χ2n) is 6.10. The third kappa shape index (κ3) is 4.28. The van der Waals surface area contributed by atoms with Gasteiger partial charge in [-0.05, 0) is 16.2 Å². The van der Waals surface area contributed by atoms with E-state index < -0.39 is 55.8 Å². The van der Waals surface area contributed by atoms with Crippen molar-refractivity contribution < 1.29 is 103 Å². The minimum absolute atomic E-state index is 0. The summed E-state index contributed by atoms with van der Waals surface area (Å²) in [5.74, 6) is 0. The van der Waals surface area contributed by atoms with Crippen LogP contribution in [-0.2, 0) is 34.7 Å². The minimum atomic E-state index is -5.83. The maximum Gasteiger partial charge on any atom is 1.00 e. The molecule has 0 aliphatic heterocycles. The monoisotopic (exact) mass is 502 g/mol. The van der Waals surface area contributed by atoms with Gasteiger partial charge in [-0.3, -0.25) is 0 Å². The molecule has 0 heterocycles. The van der Waals surface area contributed by atoms with Crippen molar-refractivity contribution in [3.05, 3.63) is 42.5 Å². The molecule has 0 aliphatic carbocycles. The molecular formula is C16H8Na2O10S3. The van der Waals surface area contributed by atoms with Gasteiger partial charge in [0.15, 0.2) is 0 Å². The Balaban J connectivity index is 0.00000171. The van der Waals surface area contributed by atoms with Crippen LogP contribution in [0.5, 0.6) is 0 Å². The van der Waals surface area contributed by atoms with Crippen LogP contribution in [0, 0.1) is 0 Å². The van der Waals surface area contributed by atoms with Gasteiger partial charge >= 0.3 is 69.2 Å². The van der Waals surface area contributed by atoms with Crippen molar-refractivity contribution in [2.75, 3.05) is 0 Å². The topological polar surface area (TPSA) is 178 Å². The maximum absolute atomic E-state index is 12.3. The van der Waals surface area contributed by atoms with E-state index in [1.807, 2.05) is 0 Å². The first kappa shape index (κ1) is 26.9. The van der Waals surface area contributed by atoms with E-state index in [0.29, 0.717) is 16.2 Å². The largest absolute Gasteiger partial charge is 1.00 e. The van der Waals surface area contributed by atoms with Crippen LogP contribution in [0.25, 0.3) is 32.3 Å². The molecule has 0 saturated heterocycles. The fraction of sp³-hybridized carbons (Fsp3) is 0. The van der Waals surface area contributed by atoms with Crippen LogP contribution in [-0.4, -0.2) is 39.6 Å².